The van der Waals surface area contributed by atoms with E-state index in [0.717, 1.165) is 23.1 Å². The Bertz CT molecular complexity index is 1030. The Morgan fingerprint density at radius 2 is 1.73 bits per heavy atom. The van der Waals surface area contributed by atoms with Gasteiger partial charge in [-0.05, 0) is 36.8 Å². The van der Waals surface area contributed by atoms with Crippen LogP contribution in [0.1, 0.15) is 24.1 Å². The molecule has 33 heavy (non-hydrogen) atoms. The lowest BCUT2D eigenvalue weighted by Gasteiger charge is -2.31. The number of nitrogens with zero attached hydrogens (tertiary/aromatic N) is 2. The summed E-state index contributed by atoms with van der Waals surface area (Å²) < 4.78 is 11.8. The molecule has 0 unspecified atom stereocenters. The molecule has 2 heterocycles. The highest BCUT2D eigenvalue weighted by atomic mass is 79.9. The van der Waals surface area contributed by atoms with E-state index in [0.29, 0.717) is 44.2 Å². The number of halogens is 1. The molecule has 0 saturated carbocycles. The smallest absolute Gasteiger partial charge is 0.295 e. The first-order chi connectivity index (χ1) is 16.0. The highest BCUT2D eigenvalue weighted by molar-refractivity contribution is 9.10. The van der Waals surface area contributed by atoms with E-state index in [4.69, 9.17) is 9.47 Å². The van der Waals surface area contributed by atoms with Crippen molar-refractivity contribution in [3.8, 4) is 5.75 Å². The molecule has 2 fully saturated rings. The number of ether oxygens (including phenoxy) is 2. The summed E-state index contributed by atoms with van der Waals surface area (Å²) >= 11 is 3.38. The Morgan fingerprint density at radius 3 is 2.36 bits per heavy atom. The number of likely N-dealkylation sites (tertiary alicyclic amines) is 1. The van der Waals surface area contributed by atoms with Gasteiger partial charge < -0.3 is 19.5 Å². The van der Waals surface area contributed by atoms with Crippen LogP contribution in [0.5, 0.6) is 5.75 Å². The van der Waals surface area contributed by atoms with E-state index in [9.17, 15) is 14.7 Å². The summed E-state index contributed by atoms with van der Waals surface area (Å²) in [5.41, 5.74) is 1.34. The Morgan fingerprint density at radius 1 is 1.06 bits per heavy atom. The Labute approximate surface area is 201 Å². The van der Waals surface area contributed by atoms with Crippen molar-refractivity contribution in [1.29, 1.82) is 0 Å². The number of amides is 1. The second kappa shape index (κ2) is 10.5. The standard InChI is InChI=1S/C25H27BrN2O5/c1-2-33-20-9-5-17(6-10-20)22-21(23(29)18-3-7-19(26)8-4-18)24(30)25(31)28(22)12-11-27-13-15-32-16-14-27/h3-10,22,29H,2,11-16H2,1H3/b23-21+/t22-/m1/s1. The van der Waals surface area contributed by atoms with E-state index in [1.54, 1.807) is 29.2 Å². The molecule has 1 N–H and O–H groups in total. The first kappa shape index (κ1) is 23.5. The molecule has 8 heteroatoms. The van der Waals surface area contributed by atoms with Crippen LogP contribution in [0, 0.1) is 0 Å². The molecule has 7 nitrogen and oxygen atoms in total. The topological polar surface area (TPSA) is 79.3 Å². The molecule has 0 spiro atoms. The van der Waals surface area contributed by atoms with Gasteiger partial charge in [-0.3, -0.25) is 14.5 Å². The van der Waals surface area contributed by atoms with Crippen LogP contribution in [0.25, 0.3) is 5.76 Å². The van der Waals surface area contributed by atoms with E-state index >= 15 is 0 Å². The maximum atomic E-state index is 13.1. The average Bonchev–Trinajstić information content (AvgIpc) is 3.09. The fourth-order valence-electron chi connectivity index (χ4n) is 4.21. The normalized spacial score (nSPS) is 20.9. The van der Waals surface area contributed by atoms with Gasteiger partial charge >= 0.3 is 0 Å². The largest absolute Gasteiger partial charge is 0.507 e. The minimum atomic E-state index is -0.676. The van der Waals surface area contributed by atoms with Gasteiger partial charge in [0, 0.05) is 36.2 Å². The Kier molecular flexibility index (Phi) is 7.47. The lowest BCUT2D eigenvalue weighted by Crippen LogP contribution is -2.42. The van der Waals surface area contributed by atoms with Crippen molar-refractivity contribution in [1.82, 2.24) is 9.80 Å². The molecule has 2 aliphatic heterocycles. The number of morpholine rings is 1. The van der Waals surface area contributed by atoms with E-state index in [1.165, 1.54) is 0 Å². The van der Waals surface area contributed by atoms with Gasteiger partial charge in [-0.15, -0.1) is 0 Å². The minimum Gasteiger partial charge on any atom is -0.507 e. The number of hydrogen-bond acceptors (Lipinski definition) is 6. The van der Waals surface area contributed by atoms with Gasteiger partial charge in [0.25, 0.3) is 11.7 Å². The van der Waals surface area contributed by atoms with Crippen molar-refractivity contribution < 1.29 is 24.2 Å². The van der Waals surface area contributed by atoms with Crippen LogP contribution in [0.15, 0.2) is 58.6 Å². The fraction of sp³-hybridized carbons (Fsp3) is 0.360. The van der Waals surface area contributed by atoms with Gasteiger partial charge in [0.1, 0.15) is 11.5 Å². The number of rotatable bonds is 7. The van der Waals surface area contributed by atoms with Crippen LogP contribution < -0.4 is 4.74 Å². The molecule has 1 amide bonds. The quantitative estimate of drug-likeness (QED) is 0.345. The van der Waals surface area contributed by atoms with Crippen molar-refractivity contribution in [3.05, 3.63) is 69.7 Å². The van der Waals surface area contributed by atoms with E-state index in [1.807, 2.05) is 31.2 Å². The second-order valence-electron chi connectivity index (χ2n) is 7.96. The molecular weight excluding hydrogens is 488 g/mol. The molecule has 0 aromatic heterocycles. The number of benzene rings is 2. The third kappa shape index (κ3) is 5.13. The number of aliphatic hydroxyl groups is 1. The van der Waals surface area contributed by atoms with Crippen LogP contribution in [0.3, 0.4) is 0 Å². The third-order valence-corrected chi connectivity index (χ3v) is 6.45. The van der Waals surface area contributed by atoms with Crippen LogP contribution in [0.4, 0.5) is 0 Å². The van der Waals surface area contributed by atoms with E-state index < -0.39 is 17.7 Å². The monoisotopic (exact) mass is 514 g/mol. The van der Waals surface area contributed by atoms with Gasteiger partial charge in [-0.2, -0.15) is 0 Å². The molecule has 0 aliphatic carbocycles. The average molecular weight is 515 g/mol. The first-order valence-electron chi connectivity index (χ1n) is 11.1. The Balaban J connectivity index is 1.71. The minimum absolute atomic E-state index is 0.105. The number of hydrogen-bond donors (Lipinski definition) is 1. The van der Waals surface area contributed by atoms with Crippen molar-refractivity contribution in [2.75, 3.05) is 46.0 Å². The summed E-state index contributed by atoms with van der Waals surface area (Å²) in [7, 11) is 0. The summed E-state index contributed by atoms with van der Waals surface area (Å²) in [6.07, 6.45) is 0. The molecule has 2 saturated heterocycles. The summed E-state index contributed by atoms with van der Waals surface area (Å²) in [5, 5.41) is 11.1. The predicted octanol–water partition coefficient (Wildman–Crippen LogP) is 3.60. The molecule has 2 aromatic carbocycles. The van der Waals surface area contributed by atoms with Crippen molar-refractivity contribution in [2.45, 2.75) is 13.0 Å². The zero-order chi connectivity index (χ0) is 23.4. The van der Waals surface area contributed by atoms with Crippen molar-refractivity contribution in [3.63, 3.8) is 0 Å². The summed E-state index contributed by atoms with van der Waals surface area (Å²) in [6.45, 7) is 6.35. The SMILES string of the molecule is CCOc1ccc([C@@H]2/C(=C(\O)c3ccc(Br)cc3)C(=O)C(=O)N2CCN2CCOCC2)cc1. The zero-order valence-electron chi connectivity index (χ0n) is 18.5. The molecule has 2 aliphatic rings. The Hall–Kier alpha value is -2.68. The number of Topliss-reactive ketones (excluding diaryl/α,β-unsaturated/α-hetero) is 1. The molecule has 0 radical (unpaired) electrons. The molecule has 4 rings (SSSR count). The lowest BCUT2D eigenvalue weighted by molar-refractivity contribution is -0.140. The summed E-state index contributed by atoms with van der Waals surface area (Å²) in [4.78, 5) is 30.0. The second-order valence-corrected chi connectivity index (χ2v) is 8.87. The first-order valence-corrected chi connectivity index (χ1v) is 11.9. The fourth-order valence-corrected chi connectivity index (χ4v) is 4.47. The van der Waals surface area contributed by atoms with Crippen LogP contribution in [-0.4, -0.2) is 72.6 Å². The highest BCUT2D eigenvalue weighted by Crippen LogP contribution is 2.39. The number of carbonyl (C=O) groups excluding carboxylic acids is 2. The van der Waals surface area contributed by atoms with E-state index in [2.05, 4.69) is 20.8 Å². The van der Waals surface area contributed by atoms with Crippen molar-refractivity contribution >= 4 is 33.4 Å². The van der Waals surface area contributed by atoms with Gasteiger partial charge in [0.15, 0.2) is 0 Å². The summed E-state index contributed by atoms with van der Waals surface area (Å²) in [5.74, 6) is -0.731. The van der Waals surface area contributed by atoms with Crippen molar-refractivity contribution in [2.24, 2.45) is 0 Å². The molecule has 1 atom stereocenters. The van der Waals surface area contributed by atoms with Gasteiger partial charge in [0.2, 0.25) is 0 Å². The summed E-state index contributed by atoms with van der Waals surface area (Å²) in [6, 6.07) is 13.7. The van der Waals surface area contributed by atoms with Gasteiger partial charge in [-0.25, -0.2) is 0 Å². The number of ketones is 1. The molecule has 174 valence electrons. The third-order valence-electron chi connectivity index (χ3n) is 5.93. The van der Waals surface area contributed by atoms with Crippen LogP contribution in [0.2, 0.25) is 0 Å². The maximum absolute atomic E-state index is 13.1. The highest BCUT2D eigenvalue weighted by Gasteiger charge is 2.46. The van der Waals surface area contributed by atoms with Gasteiger partial charge in [0.05, 0.1) is 31.4 Å². The molecule has 2 aromatic rings. The predicted molar refractivity (Wildman–Crippen MR) is 128 cm³/mol. The molecule has 0 bridgehead atoms. The molecular formula is C25H27BrN2O5. The number of carbonyl (C=O) groups is 2. The van der Waals surface area contributed by atoms with Crippen LogP contribution >= 0.6 is 15.9 Å². The maximum Gasteiger partial charge on any atom is 0.295 e. The zero-order valence-corrected chi connectivity index (χ0v) is 20.1. The van der Waals surface area contributed by atoms with Gasteiger partial charge in [-0.1, -0.05) is 40.2 Å². The van der Waals surface area contributed by atoms with Crippen LogP contribution in [-0.2, 0) is 14.3 Å². The van der Waals surface area contributed by atoms with E-state index in [-0.39, 0.29) is 11.3 Å². The lowest BCUT2D eigenvalue weighted by atomic mass is 9.95. The number of aliphatic hydroxyl groups excluding tert-OH is 1.